The second-order valence-electron chi connectivity index (χ2n) is 9.28. The van der Waals surface area contributed by atoms with E-state index in [9.17, 15) is 20.4 Å². The van der Waals surface area contributed by atoms with Crippen LogP contribution in [0.15, 0.2) is 36.8 Å². The molecule has 1 fully saturated rings. The van der Waals surface area contributed by atoms with E-state index in [0.29, 0.717) is 57.0 Å². The Labute approximate surface area is 225 Å². The fourth-order valence-electron chi connectivity index (χ4n) is 5.08. The molecule has 0 spiro atoms. The number of anilines is 3. The minimum absolute atomic E-state index is 0.0205. The van der Waals surface area contributed by atoms with Gasteiger partial charge < -0.3 is 44.7 Å². The maximum atomic E-state index is 9.97. The first-order chi connectivity index (χ1) is 19.0. The molecule has 0 unspecified atom stereocenters. The molecular weight excluding hydrogens is 504 g/mol. The van der Waals surface area contributed by atoms with Crippen molar-refractivity contribution in [1.82, 2.24) is 19.5 Å². The average Bonchev–Trinajstić information content (AvgIpc) is 3.64. The number of hydrogen-bond donors (Lipinski definition) is 5. The molecule has 0 bridgehead atoms. The molecule has 5 N–H and O–H groups in total. The third kappa shape index (κ3) is 5.06. The third-order valence-corrected chi connectivity index (χ3v) is 7.08. The van der Waals surface area contributed by atoms with E-state index >= 15 is 0 Å². The van der Waals surface area contributed by atoms with Gasteiger partial charge in [-0.25, -0.2) is 9.97 Å². The van der Waals surface area contributed by atoms with Gasteiger partial charge in [0.1, 0.15) is 12.1 Å². The van der Waals surface area contributed by atoms with Crippen molar-refractivity contribution in [3.63, 3.8) is 0 Å². The van der Waals surface area contributed by atoms with Gasteiger partial charge in [0, 0.05) is 23.7 Å². The summed E-state index contributed by atoms with van der Waals surface area (Å²) in [7, 11) is 3.14. The number of fused-ring (bicyclic) bond motifs is 1. The molecular formula is C27H32N6O6. The Bertz CT molecular complexity index is 1450. The fourth-order valence-corrected chi connectivity index (χ4v) is 5.08. The SMILES string of the molecule is COc1cc2nc(Nc3cn(-c4cc(CO)c(CO)c(CO)c4)cn3)nc(N3CCC[C@H]3CO)c2cc1OC. The van der Waals surface area contributed by atoms with Crippen LogP contribution in [0.1, 0.15) is 29.5 Å². The average molecular weight is 537 g/mol. The minimum Gasteiger partial charge on any atom is -0.493 e. The first-order valence-electron chi connectivity index (χ1n) is 12.6. The number of aromatic nitrogens is 4. The van der Waals surface area contributed by atoms with Crippen LogP contribution in [-0.4, -0.2) is 73.4 Å². The summed E-state index contributed by atoms with van der Waals surface area (Å²) in [5, 5.41) is 43.1. The predicted octanol–water partition coefficient (Wildman–Crippen LogP) is 2.01. The van der Waals surface area contributed by atoms with E-state index in [-0.39, 0.29) is 32.5 Å². The highest BCUT2D eigenvalue weighted by molar-refractivity contribution is 5.93. The van der Waals surface area contributed by atoms with Crippen molar-refractivity contribution in [2.75, 3.05) is 37.6 Å². The zero-order chi connectivity index (χ0) is 27.5. The van der Waals surface area contributed by atoms with Crippen molar-refractivity contribution < 1.29 is 29.9 Å². The number of nitrogens with zero attached hydrogens (tertiary/aromatic N) is 5. The summed E-state index contributed by atoms with van der Waals surface area (Å²) in [4.78, 5) is 16.1. The lowest BCUT2D eigenvalue weighted by Gasteiger charge is -2.26. The van der Waals surface area contributed by atoms with Crippen molar-refractivity contribution in [3.05, 3.63) is 53.5 Å². The second-order valence-corrected chi connectivity index (χ2v) is 9.28. The van der Waals surface area contributed by atoms with Crippen LogP contribution in [0.3, 0.4) is 0 Å². The molecule has 12 heteroatoms. The number of aliphatic hydroxyl groups excluding tert-OH is 4. The highest BCUT2D eigenvalue weighted by Gasteiger charge is 2.28. The van der Waals surface area contributed by atoms with Gasteiger partial charge in [-0.1, -0.05) is 0 Å². The topological polar surface area (TPSA) is 158 Å². The van der Waals surface area contributed by atoms with Gasteiger partial charge in [-0.05, 0) is 47.7 Å². The van der Waals surface area contributed by atoms with E-state index < -0.39 is 0 Å². The van der Waals surface area contributed by atoms with E-state index in [0.717, 1.165) is 24.8 Å². The molecule has 1 atom stereocenters. The van der Waals surface area contributed by atoms with Gasteiger partial charge in [0.15, 0.2) is 17.3 Å². The van der Waals surface area contributed by atoms with Gasteiger partial charge in [0.25, 0.3) is 0 Å². The number of aliphatic hydroxyl groups is 4. The Balaban J connectivity index is 1.54. The lowest BCUT2D eigenvalue weighted by atomic mass is 10.0. The molecule has 1 saturated heterocycles. The quantitative estimate of drug-likeness (QED) is 0.202. The lowest BCUT2D eigenvalue weighted by molar-refractivity contribution is 0.247. The zero-order valence-corrected chi connectivity index (χ0v) is 21.8. The summed E-state index contributed by atoms with van der Waals surface area (Å²) >= 11 is 0. The van der Waals surface area contributed by atoms with E-state index in [1.54, 1.807) is 49.5 Å². The van der Waals surface area contributed by atoms with Crippen molar-refractivity contribution in [1.29, 1.82) is 0 Å². The summed E-state index contributed by atoms with van der Waals surface area (Å²) in [5.41, 5.74) is 2.87. The van der Waals surface area contributed by atoms with Gasteiger partial charge in [-0.15, -0.1) is 0 Å². The normalized spacial score (nSPS) is 15.2. The summed E-state index contributed by atoms with van der Waals surface area (Å²) in [6, 6.07) is 7.07. The standard InChI is InChI=1S/C27H32N6O6/c1-38-23-8-20-22(9-24(23)39-2)29-27(31-26(20)33-5-3-4-18(33)13-36)30-25-10-32(15-28-25)19-6-16(11-34)21(14-37)17(7-19)12-35/h6-10,15,18,34-37H,3-5,11-14H2,1-2H3,(H,29,30,31)/t18-/m0/s1. The molecule has 0 amide bonds. The second kappa shape index (κ2) is 11.4. The van der Waals surface area contributed by atoms with Crippen LogP contribution in [-0.2, 0) is 19.8 Å². The van der Waals surface area contributed by atoms with Gasteiger partial charge in [0.2, 0.25) is 5.95 Å². The summed E-state index contributed by atoms with van der Waals surface area (Å²) in [6.07, 6.45) is 5.14. The monoisotopic (exact) mass is 536 g/mol. The summed E-state index contributed by atoms with van der Waals surface area (Å²) < 4.78 is 12.7. The van der Waals surface area contributed by atoms with Crippen LogP contribution in [0.25, 0.3) is 16.6 Å². The predicted molar refractivity (Wildman–Crippen MR) is 145 cm³/mol. The maximum absolute atomic E-state index is 9.97. The van der Waals surface area contributed by atoms with Crippen molar-refractivity contribution in [3.8, 4) is 17.2 Å². The largest absolute Gasteiger partial charge is 0.493 e. The van der Waals surface area contributed by atoms with Crippen LogP contribution in [0, 0.1) is 0 Å². The van der Waals surface area contributed by atoms with Crippen LogP contribution in [0.4, 0.5) is 17.6 Å². The lowest BCUT2D eigenvalue weighted by Crippen LogP contribution is -2.33. The minimum atomic E-state index is -0.282. The molecule has 3 heterocycles. The first-order valence-corrected chi connectivity index (χ1v) is 12.6. The number of methoxy groups -OCH3 is 2. The van der Waals surface area contributed by atoms with Crippen molar-refractivity contribution in [2.45, 2.75) is 38.7 Å². The van der Waals surface area contributed by atoms with Gasteiger partial charge in [-0.3, -0.25) is 0 Å². The van der Waals surface area contributed by atoms with Crippen LogP contribution < -0.4 is 19.7 Å². The molecule has 12 nitrogen and oxygen atoms in total. The van der Waals surface area contributed by atoms with Crippen molar-refractivity contribution >= 4 is 28.5 Å². The highest BCUT2D eigenvalue weighted by Crippen LogP contribution is 2.38. The zero-order valence-electron chi connectivity index (χ0n) is 21.8. The Kier molecular flexibility index (Phi) is 7.79. The fraction of sp³-hybridized carbons (Fsp3) is 0.370. The molecule has 1 aliphatic rings. The highest BCUT2D eigenvalue weighted by atomic mass is 16.5. The Morgan fingerprint density at radius 2 is 1.67 bits per heavy atom. The smallest absolute Gasteiger partial charge is 0.230 e. The summed E-state index contributed by atoms with van der Waals surface area (Å²) in [6.45, 7) is -0.0560. The number of rotatable bonds is 10. The number of hydrogen-bond acceptors (Lipinski definition) is 11. The first kappa shape index (κ1) is 26.6. The number of benzene rings is 2. The van der Waals surface area contributed by atoms with Crippen molar-refractivity contribution in [2.24, 2.45) is 0 Å². The molecule has 2 aromatic carbocycles. The molecule has 1 aliphatic heterocycles. The number of ether oxygens (including phenoxy) is 2. The Morgan fingerprint density at radius 1 is 0.949 bits per heavy atom. The van der Waals surface area contributed by atoms with Crippen LogP contribution in [0.5, 0.6) is 11.5 Å². The molecule has 2 aromatic heterocycles. The van der Waals surface area contributed by atoms with E-state index in [2.05, 4.69) is 15.2 Å². The van der Waals surface area contributed by atoms with E-state index in [1.807, 2.05) is 6.07 Å². The summed E-state index contributed by atoms with van der Waals surface area (Å²) in [5.74, 6) is 2.57. The molecule has 5 rings (SSSR count). The molecule has 0 radical (unpaired) electrons. The molecule has 0 saturated carbocycles. The molecule has 206 valence electrons. The van der Waals surface area contributed by atoms with E-state index in [4.69, 9.17) is 19.4 Å². The third-order valence-electron chi connectivity index (χ3n) is 7.08. The maximum Gasteiger partial charge on any atom is 0.230 e. The van der Waals surface area contributed by atoms with Crippen LogP contribution in [0.2, 0.25) is 0 Å². The van der Waals surface area contributed by atoms with E-state index in [1.165, 1.54) is 0 Å². The Hall–Kier alpha value is -3.97. The molecule has 0 aliphatic carbocycles. The van der Waals surface area contributed by atoms with Gasteiger partial charge in [0.05, 0.1) is 58.4 Å². The number of imidazole rings is 1. The van der Waals surface area contributed by atoms with Crippen LogP contribution >= 0.6 is 0 Å². The molecule has 4 aromatic rings. The Morgan fingerprint density at radius 3 is 2.31 bits per heavy atom. The van der Waals surface area contributed by atoms with Gasteiger partial charge in [-0.2, -0.15) is 4.98 Å². The number of nitrogens with one attached hydrogen (secondary N) is 1. The molecule has 39 heavy (non-hydrogen) atoms. The van der Waals surface area contributed by atoms with Gasteiger partial charge >= 0.3 is 0 Å².